The smallest absolute Gasteiger partial charge is 0.310 e. The van der Waals surface area contributed by atoms with Gasteiger partial charge in [-0.15, -0.1) is 0 Å². The van der Waals surface area contributed by atoms with Crippen molar-refractivity contribution in [1.29, 1.82) is 0 Å². The Kier molecular flexibility index (Phi) is 5.48. The molecule has 0 bridgehead atoms. The Balaban J connectivity index is 1.52. The van der Waals surface area contributed by atoms with E-state index in [0.29, 0.717) is 26.2 Å². The predicted molar refractivity (Wildman–Crippen MR) is 99.2 cm³/mol. The van der Waals surface area contributed by atoms with Crippen molar-refractivity contribution in [3.8, 4) is 0 Å². The molecule has 0 N–H and O–H groups in total. The summed E-state index contributed by atoms with van der Waals surface area (Å²) >= 11 is 0. The average molecular weight is 372 g/mol. The number of ether oxygens (including phenoxy) is 1. The fraction of sp³-hybridized carbons (Fsp3) is 0.450. The molecule has 1 aromatic carbocycles. The van der Waals surface area contributed by atoms with Crippen molar-refractivity contribution in [2.45, 2.75) is 27.2 Å². The monoisotopic (exact) mass is 372 g/mol. The molecule has 7 nitrogen and oxygen atoms in total. The molecule has 27 heavy (non-hydrogen) atoms. The van der Waals surface area contributed by atoms with E-state index in [0.717, 1.165) is 27.7 Å². The van der Waals surface area contributed by atoms with Crippen molar-refractivity contribution in [2.75, 3.05) is 32.8 Å². The Labute approximate surface area is 157 Å². The highest BCUT2D eigenvalue weighted by Crippen LogP contribution is 2.25. The summed E-state index contributed by atoms with van der Waals surface area (Å²) in [6.07, 6.45) is 1.62. The first-order chi connectivity index (χ1) is 12.8. The number of piperazine rings is 1. The molecule has 1 aromatic heterocycles. The molecule has 0 aliphatic carbocycles. The Morgan fingerprint density at radius 3 is 2.33 bits per heavy atom. The summed E-state index contributed by atoms with van der Waals surface area (Å²) in [6.45, 7) is 7.18. The quantitative estimate of drug-likeness (QED) is 0.765. The molecule has 2 aromatic rings. The number of carbonyl (C=O) groups is 3. The topological polar surface area (TPSA) is 80.1 Å². The number of hydrogen-bond acceptors (Lipinski definition) is 5. The number of hydrogen-bond donors (Lipinski definition) is 0. The van der Waals surface area contributed by atoms with Gasteiger partial charge in [0.05, 0.1) is 12.7 Å². The van der Waals surface area contributed by atoms with E-state index in [-0.39, 0.29) is 24.8 Å². The van der Waals surface area contributed by atoms with E-state index >= 15 is 0 Å². The molecule has 1 aliphatic heterocycles. The molecule has 0 radical (unpaired) electrons. The lowest BCUT2D eigenvalue weighted by atomic mass is 10.0. The summed E-state index contributed by atoms with van der Waals surface area (Å²) in [4.78, 5) is 39.0. The molecule has 2 heterocycles. The second-order valence-electron chi connectivity index (χ2n) is 6.92. The molecule has 1 aliphatic rings. The lowest BCUT2D eigenvalue weighted by Crippen LogP contribution is -2.51. The zero-order valence-electron chi connectivity index (χ0n) is 15.9. The maximum absolute atomic E-state index is 12.2. The summed E-state index contributed by atoms with van der Waals surface area (Å²) in [7, 11) is 0. The van der Waals surface area contributed by atoms with Crippen LogP contribution in [0.25, 0.3) is 11.0 Å². The first-order valence-corrected chi connectivity index (χ1v) is 9.01. The van der Waals surface area contributed by atoms with Crippen molar-refractivity contribution in [1.82, 2.24) is 9.80 Å². The lowest BCUT2D eigenvalue weighted by molar-refractivity contribution is -0.152. The molecule has 1 saturated heterocycles. The van der Waals surface area contributed by atoms with E-state index in [2.05, 4.69) is 0 Å². The number of esters is 1. The van der Waals surface area contributed by atoms with Gasteiger partial charge in [0.2, 0.25) is 5.91 Å². The van der Waals surface area contributed by atoms with Crippen LogP contribution in [-0.4, -0.2) is 60.4 Å². The number of carbonyl (C=O) groups excluding carboxylic acids is 3. The van der Waals surface area contributed by atoms with E-state index < -0.39 is 5.97 Å². The van der Waals surface area contributed by atoms with Crippen LogP contribution in [-0.2, 0) is 25.5 Å². The third kappa shape index (κ3) is 4.30. The summed E-state index contributed by atoms with van der Waals surface area (Å²) in [6, 6.07) is 3.94. The fourth-order valence-corrected chi connectivity index (χ4v) is 3.18. The Bertz CT molecular complexity index is 878. The number of furan rings is 1. The summed E-state index contributed by atoms with van der Waals surface area (Å²) < 4.78 is 10.7. The highest BCUT2D eigenvalue weighted by molar-refractivity contribution is 5.88. The standard InChI is InChI=1S/C20H24N2O5/c1-13-8-17-16(11-26-18(17)9-14(13)2)10-20(25)27-12-19(24)22-6-4-21(5-7-22)15(3)23/h8-9,11H,4-7,10,12H2,1-3H3. The summed E-state index contributed by atoms with van der Waals surface area (Å²) in [5.41, 5.74) is 3.74. The van der Waals surface area contributed by atoms with Gasteiger partial charge < -0.3 is 19.0 Å². The molecule has 2 amide bonds. The van der Waals surface area contributed by atoms with Crippen LogP contribution >= 0.6 is 0 Å². The third-order valence-electron chi connectivity index (χ3n) is 5.04. The third-order valence-corrected chi connectivity index (χ3v) is 5.04. The van der Waals surface area contributed by atoms with Crippen LogP contribution in [0.2, 0.25) is 0 Å². The maximum atomic E-state index is 12.2. The lowest BCUT2D eigenvalue weighted by Gasteiger charge is -2.34. The number of benzene rings is 1. The molecule has 0 atom stereocenters. The van der Waals surface area contributed by atoms with E-state index in [1.165, 1.54) is 6.92 Å². The number of aryl methyl sites for hydroxylation is 2. The number of nitrogens with zero attached hydrogens (tertiary/aromatic N) is 2. The first-order valence-electron chi connectivity index (χ1n) is 9.01. The summed E-state index contributed by atoms with van der Waals surface area (Å²) in [5.74, 6) is -0.701. The highest BCUT2D eigenvalue weighted by Gasteiger charge is 2.23. The van der Waals surface area contributed by atoms with Crippen LogP contribution in [0.1, 0.15) is 23.6 Å². The Morgan fingerprint density at radius 1 is 1.04 bits per heavy atom. The van der Waals surface area contributed by atoms with Gasteiger partial charge in [-0.3, -0.25) is 14.4 Å². The molecule has 144 valence electrons. The van der Waals surface area contributed by atoms with Gasteiger partial charge in [0.15, 0.2) is 6.61 Å². The minimum atomic E-state index is -0.466. The average Bonchev–Trinajstić information content (AvgIpc) is 3.01. The van der Waals surface area contributed by atoms with E-state index in [4.69, 9.17) is 9.15 Å². The van der Waals surface area contributed by atoms with Crippen LogP contribution < -0.4 is 0 Å². The molecule has 0 spiro atoms. The van der Waals surface area contributed by atoms with Gasteiger partial charge in [0.1, 0.15) is 5.58 Å². The molecular formula is C20H24N2O5. The van der Waals surface area contributed by atoms with Gasteiger partial charge >= 0.3 is 5.97 Å². The van der Waals surface area contributed by atoms with Crippen molar-refractivity contribution < 1.29 is 23.5 Å². The second kappa shape index (κ2) is 7.82. The number of rotatable bonds is 4. The van der Waals surface area contributed by atoms with Crippen molar-refractivity contribution >= 4 is 28.8 Å². The zero-order valence-corrected chi connectivity index (χ0v) is 15.9. The van der Waals surface area contributed by atoms with Crippen LogP contribution in [0.5, 0.6) is 0 Å². The van der Waals surface area contributed by atoms with E-state index in [9.17, 15) is 14.4 Å². The normalized spacial score (nSPS) is 14.5. The SMILES string of the molecule is CC(=O)N1CCN(C(=O)COC(=O)Cc2coc3cc(C)c(C)cc23)CC1. The largest absolute Gasteiger partial charge is 0.464 e. The number of amides is 2. The van der Waals surface area contributed by atoms with Gasteiger partial charge in [-0.2, -0.15) is 0 Å². The first kappa shape index (κ1) is 18.9. The molecular weight excluding hydrogens is 348 g/mol. The van der Waals surface area contributed by atoms with Gasteiger partial charge in [-0.1, -0.05) is 0 Å². The van der Waals surface area contributed by atoms with Gasteiger partial charge in [0.25, 0.3) is 5.91 Å². The number of fused-ring (bicyclic) bond motifs is 1. The maximum Gasteiger partial charge on any atom is 0.310 e. The summed E-state index contributed by atoms with van der Waals surface area (Å²) in [5, 5.41) is 0.890. The molecule has 1 fully saturated rings. The van der Waals surface area contributed by atoms with Crippen molar-refractivity contribution in [3.63, 3.8) is 0 Å². The Hall–Kier alpha value is -2.83. The molecule has 0 saturated carbocycles. The van der Waals surface area contributed by atoms with Crippen LogP contribution in [0.15, 0.2) is 22.8 Å². The Morgan fingerprint density at radius 2 is 1.67 bits per heavy atom. The predicted octanol–water partition coefficient (Wildman–Crippen LogP) is 1.83. The molecule has 3 rings (SSSR count). The van der Waals surface area contributed by atoms with E-state index in [1.807, 2.05) is 26.0 Å². The van der Waals surface area contributed by atoms with Crippen molar-refractivity contribution in [3.05, 3.63) is 35.1 Å². The van der Waals surface area contributed by atoms with Gasteiger partial charge in [-0.25, -0.2) is 0 Å². The van der Waals surface area contributed by atoms with Crippen LogP contribution in [0.3, 0.4) is 0 Å². The van der Waals surface area contributed by atoms with Crippen LogP contribution in [0.4, 0.5) is 0 Å². The van der Waals surface area contributed by atoms with Gasteiger partial charge in [-0.05, 0) is 37.1 Å². The molecule has 7 heteroatoms. The van der Waals surface area contributed by atoms with Crippen LogP contribution in [0, 0.1) is 13.8 Å². The minimum absolute atomic E-state index is 0.00583. The highest BCUT2D eigenvalue weighted by atomic mass is 16.5. The van der Waals surface area contributed by atoms with E-state index in [1.54, 1.807) is 16.1 Å². The van der Waals surface area contributed by atoms with Gasteiger partial charge in [0, 0.05) is 44.1 Å². The fourth-order valence-electron chi connectivity index (χ4n) is 3.18. The molecule has 0 unspecified atom stereocenters. The van der Waals surface area contributed by atoms with Crippen molar-refractivity contribution in [2.24, 2.45) is 0 Å². The minimum Gasteiger partial charge on any atom is -0.464 e. The second-order valence-corrected chi connectivity index (χ2v) is 6.92. The zero-order chi connectivity index (χ0) is 19.6.